The lowest BCUT2D eigenvalue weighted by Crippen LogP contribution is -2.48. The van der Waals surface area contributed by atoms with Gasteiger partial charge in [-0.1, -0.05) is 38.0 Å². The first-order valence-corrected chi connectivity index (χ1v) is 8.70. The molecule has 0 aliphatic heterocycles. The Labute approximate surface area is 127 Å². The van der Waals surface area contributed by atoms with Crippen LogP contribution in [-0.4, -0.2) is 16.0 Å². The van der Waals surface area contributed by atoms with Crippen molar-refractivity contribution in [1.29, 1.82) is 0 Å². The van der Waals surface area contributed by atoms with E-state index in [9.17, 15) is 10.2 Å². The Balaban J connectivity index is 1.74. The Kier molecular flexibility index (Phi) is 2.83. The number of allylic oxidation sites excluding steroid dienone is 3. The highest BCUT2D eigenvalue weighted by atomic mass is 16.5. The highest BCUT2D eigenvalue weighted by molar-refractivity contribution is 5.34. The summed E-state index contributed by atoms with van der Waals surface area (Å²) < 4.78 is 0. The molecule has 0 heterocycles. The topological polar surface area (TPSA) is 40.5 Å². The SMILES string of the molecule is C[C@]12CC=C3[C@@H](CC[C@@H]4CC(O)(O)C=C[C@]34C)[C@@H]1CCC2. The van der Waals surface area contributed by atoms with Gasteiger partial charge >= 0.3 is 0 Å². The third-order valence-corrected chi connectivity index (χ3v) is 7.37. The monoisotopic (exact) mass is 288 g/mol. The van der Waals surface area contributed by atoms with Gasteiger partial charge in [-0.3, -0.25) is 0 Å². The maximum absolute atomic E-state index is 9.96. The Bertz CT molecular complexity index is 518. The number of hydrogen-bond donors (Lipinski definition) is 2. The predicted molar refractivity (Wildman–Crippen MR) is 83.4 cm³/mol. The molecule has 0 bridgehead atoms. The van der Waals surface area contributed by atoms with E-state index in [0.717, 1.165) is 18.3 Å². The highest BCUT2D eigenvalue weighted by Gasteiger charge is 2.54. The van der Waals surface area contributed by atoms with E-state index in [2.05, 4.69) is 26.0 Å². The van der Waals surface area contributed by atoms with Gasteiger partial charge in [-0.15, -0.1) is 0 Å². The van der Waals surface area contributed by atoms with E-state index in [4.69, 9.17) is 0 Å². The Morgan fingerprint density at radius 3 is 2.71 bits per heavy atom. The van der Waals surface area contributed by atoms with Crippen LogP contribution in [-0.2, 0) is 0 Å². The Morgan fingerprint density at radius 1 is 1.10 bits per heavy atom. The van der Waals surface area contributed by atoms with Gasteiger partial charge in [0, 0.05) is 11.8 Å². The molecule has 4 aliphatic rings. The lowest BCUT2D eigenvalue weighted by Gasteiger charge is -2.55. The summed E-state index contributed by atoms with van der Waals surface area (Å²) in [5.74, 6) is 0.389. The summed E-state index contributed by atoms with van der Waals surface area (Å²) in [6.07, 6.45) is 14.6. The van der Waals surface area contributed by atoms with Crippen LogP contribution >= 0.6 is 0 Å². The predicted octanol–water partition coefficient (Wildman–Crippen LogP) is 3.80. The van der Waals surface area contributed by atoms with E-state index < -0.39 is 5.79 Å². The van der Waals surface area contributed by atoms with Gasteiger partial charge in [-0.2, -0.15) is 0 Å². The van der Waals surface area contributed by atoms with E-state index in [0.29, 0.717) is 17.8 Å². The van der Waals surface area contributed by atoms with Crippen LogP contribution in [0.4, 0.5) is 0 Å². The van der Waals surface area contributed by atoms with Crippen molar-refractivity contribution in [2.75, 3.05) is 0 Å². The van der Waals surface area contributed by atoms with Crippen molar-refractivity contribution in [2.24, 2.45) is 28.6 Å². The standard InChI is InChI=1S/C19H28O2/c1-17-8-3-4-15(17)14-6-5-13-12-19(20,21)11-10-18(13,2)16(14)7-9-17/h7,10-11,13-15,20-21H,3-6,8-9,12H2,1-2H3/t13-,14+,15+,17+,18+/m1/s1. The van der Waals surface area contributed by atoms with Crippen molar-refractivity contribution < 1.29 is 10.2 Å². The maximum atomic E-state index is 9.96. The lowest BCUT2D eigenvalue weighted by molar-refractivity contribution is -0.148. The van der Waals surface area contributed by atoms with Crippen LogP contribution in [0.5, 0.6) is 0 Å². The third kappa shape index (κ3) is 1.91. The van der Waals surface area contributed by atoms with Crippen molar-refractivity contribution in [3.05, 3.63) is 23.8 Å². The smallest absolute Gasteiger partial charge is 0.182 e. The molecule has 21 heavy (non-hydrogen) atoms. The van der Waals surface area contributed by atoms with Gasteiger partial charge in [-0.05, 0) is 61.3 Å². The third-order valence-electron chi connectivity index (χ3n) is 7.37. The molecule has 0 spiro atoms. The van der Waals surface area contributed by atoms with Gasteiger partial charge < -0.3 is 10.2 Å². The number of aliphatic hydroxyl groups is 2. The summed E-state index contributed by atoms with van der Waals surface area (Å²) in [4.78, 5) is 0. The van der Waals surface area contributed by atoms with Crippen LogP contribution in [0.1, 0.15) is 58.8 Å². The average molecular weight is 288 g/mol. The van der Waals surface area contributed by atoms with Gasteiger partial charge in [0.25, 0.3) is 0 Å². The van der Waals surface area contributed by atoms with E-state index >= 15 is 0 Å². The summed E-state index contributed by atoms with van der Waals surface area (Å²) in [7, 11) is 0. The van der Waals surface area contributed by atoms with Crippen LogP contribution in [0.15, 0.2) is 23.8 Å². The molecule has 4 aliphatic carbocycles. The molecule has 0 amide bonds. The molecule has 2 fully saturated rings. The molecule has 2 N–H and O–H groups in total. The van der Waals surface area contributed by atoms with E-state index in [-0.39, 0.29) is 5.41 Å². The first kappa shape index (κ1) is 14.0. The molecule has 0 aromatic heterocycles. The normalized spacial score (nSPS) is 50.9. The fourth-order valence-corrected chi connectivity index (χ4v) is 6.09. The summed E-state index contributed by atoms with van der Waals surface area (Å²) in [6.45, 7) is 4.83. The zero-order valence-corrected chi connectivity index (χ0v) is 13.3. The van der Waals surface area contributed by atoms with Gasteiger partial charge in [0.15, 0.2) is 5.79 Å². The average Bonchev–Trinajstić information content (AvgIpc) is 2.81. The fourth-order valence-electron chi connectivity index (χ4n) is 6.09. The second-order valence-corrected chi connectivity index (χ2v) is 8.60. The molecule has 2 nitrogen and oxygen atoms in total. The number of fused-ring (bicyclic) bond motifs is 5. The Hall–Kier alpha value is -0.600. The zero-order chi connectivity index (χ0) is 14.9. The highest BCUT2D eigenvalue weighted by Crippen LogP contribution is 2.63. The maximum Gasteiger partial charge on any atom is 0.182 e. The van der Waals surface area contributed by atoms with Crippen molar-refractivity contribution in [3.63, 3.8) is 0 Å². The van der Waals surface area contributed by atoms with Gasteiger partial charge in [-0.25, -0.2) is 0 Å². The second-order valence-electron chi connectivity index (χ2n) is 8.60. The van der Waals surface area contributed by atoms with Gasteiger partial charge in [0.2, 0.25) is 0 Å². The van der Waals surface area contributed by atoms with Crippen LogP contribution in [0.2, 0.25) is 0 Å². The largest absolute Gasteiger partial charge is 0.362 e. The molecule has 4 rings (SSSR count). The van der Waals surface area contributed by atoms with E-state index in [1.807, 2.05) is 0 Å². The zero-order valence-electron chi connectivity index (χ0n) is 13.3. The summed E-state index contributed by atoms with van der Waals surface area (Å²) in [5.41, 5.74) is 2.21. The molecule has 0 radical (unpaired) electrons. The van der Waals surface area contributed by atoms with Crippen LogP contribution in [0.25, 0.3) is 0 Å². The van der Waals surface area contributed by atoms with Gasteiger partial charge in [0.05, 0.1) is 0 Å². The minimum Gasteiger partial charge on any atom is -0.362 e. The first-order valence-electron chi connectivity index (χ1n) is 8.70. The van der Waals surface area contributed by atoms with E-state index in [1.165, 1.54) is 32.1 Å². The van der Waals surface area contributed by atoms with Crippen LogP contribution in [0.3, 0.4) is 0 Å². The molecule has 0 aromatic carbocycles. The van der Waals surface area contributed by atoms with Crippen molar-refractivity contribution >= 4 is 0 Å². The molecule has 2 heteroatoms. The Morgan fingerprint density at radius 2 is 1.90 bits per heavy atom. The fraction of sp³-hybridized carbons (Fsp3) is 0.789. The lowest BCUT2D eigenvalue weighted by atomic mass is 9.50. The molecular weight excluding hydrogens is 260 g/mol. The minimum absolute atomic E-state index is 0.0573. The molecule has 116 valence electrons. The van der Waals surface area contributed by atoms with Gasteiger partial charge in [0.1, 0.15) is 0 Å². The summed E-state index contributed by atoms with van der Waals surface area (Å²) in [6, 6.07) is 0. The molecule has 0 unspecified atom stereocenters. The molecular formula is C19H28O2. The molecule has 0 aromatic rings. The first-order chi connectivity index (χ1) is 9.84. The number of hydrogen-bond acceptors (Lipinski definition) is 2. The molecule has 2 saturated carbocycles. The van der Waals surface area contributed by atoms with Crippen LogP contribution < -0.4 is 0 Å². The summed E-state index contributed by atoms with van der Waals surface area (Å²) in [5, 5.41) is 19.9. The minimum atomic E-state index is -1.59. The second kappa shape index (κ2) is 4.23. The molecule has 0 saturated heterocycles. The van der Waals surface area contributed by atoms with Crippen molar-refractivity contribution in [3.8, 4) is 0 Å². The van der Waals surface area contributed by atoms with Crippen molar-refractivity contribution in [2.45, 2.75) is 64.6 Å². The summed E-state index contributed by atoms with van der Waals surface area (Å²) >= 11 is 0. The van der Waals surface area contributed by atoms with E-state index in [1.54, 1.807) is 11.6 Å². The van der Waals surface area contributed by atoms with Crippen molar-refractivity contribution in [1.82, 2.24) is 0 Å². The number of rotatable bonds is 0. The van der Waals surface area contributed by atoms with Crippen LogP contribution in [0, 0.1) is 28.6 Å². The quantitative estimate of drug-likeness (QED) is 0.526. The molecule has 5 atom stereocenters.